The van der Waals surface area contributed by atoms with Gasteiger partial charge in [-0.25, -0.2) is 4.98 Å². The maximum Gasteiger partial charge on any atom is 0.225 e. The molecule has 4 rings (SSSR count). The maximum atomic E-state index is 6.13. The first kappa shape index (κ1) is 14.7. The SMILES string of the molecule is COc1cccc(Nc2nc(Cl)nc3sc4c(c23)CCCC4)c1. The van der Waals surface area contributed by atoms with Crippen molar-refractivity contribution in [2.24, 2.45) is 0 Å². The van der Waals surface area contributed by atoms with Crippen molar-refractivity contribution < 1.29 is 4.74 Å². The second-order valence-corrected chi connectivity index (χ2v) is 7.01. The van der Waals surface area contributed by atoms with E-state index in [1.807, 2.05) is 24.3 Å². The van der Waals surface area contributed by atoms with Crippen molar-refractivity contribution in [2.45, 2.75) is 25.7 Å². The topological polar surface area (TPSA) is 47.0 Å². The van der Waals surface area contributed by atoms with Gasteiger partial charge in [0.05, 0.1) is 12.5 Å². The highest BCUT2D eigenvalue weighted by molar-refractivity contribution is 7.19. The Morgan fingerprint density at radius 2 is 2.09 bits per heavy atom. The highest BCUT2D eigenvalue weighted by Gasteiger charge is 2.21. The summed E-state index contributed by atoms with van der Waals surface area (Å²) < 4.78 is 5.28. The summed E-state index contributed by atoms with van der Waals surface area (Å²) in [7, 11) is 1.66. The summed E-state index contributed by atoms with van der Waals surface area (Å²) in [5.74, 6) is 1.59. The van der Waals surface area contributed by atoms with Crippen molar-refractivity contribution in [1.29, 1.82) is 0 Å². The molecule has 1 aromatic carbocycles. The fourth-order valence-corrected chi connectivity index (χ4v) is 4.54. The number of benzene rings is 1. The smallest absolute Gasteiger partial charge is 0.225 e. The quantitative estimate of drug-likeness (QED) is 0.680. The molecule has 118 valence electrons. The molecule has 1 N–H and O–H groups in total. The molecule has 0 radical (unpaired) electrons. The number of rotatable bonds is 3. The molecular formula is C17H16ClN3OS. The predicted molar refractivity (Wildman–Crippen MR) is 95.3 cm³/mol. The molecule has 0 bridgehead atoms. The molecule has 0 unspecified atom stereocenters. The van der Waals surface area contributed by atoms with Crippen LogP contribution >= 0.6 is 22.9 Å². The zero-order valence-electron chi connectivity index (χ0n) is 12.7. The van der Waals surface area contributed by atoms with E-state index >= 15 is 0 Å². The first-order valence-corrected chi connectivity index (χ1v) is 8.83. The number of thiophene rings is 1. The van der Waals surface area contributed by atoms with E-state index in [2.05, 4.69) is 15.3 Å². The van der Waals surface area contributed by atoms with Crippen LogP contribution in [-0.2, 0) is 12.8 Å². The minimum Gasteiger partial charge on any atom is -0.497 e. The van der Waals surface area contributed by atoms with E-state index in [1.54, 1.807) is 18.4 Å². The lowest BCUT2D eigenvalue weighted by molar-refractivity contribution is 0.415. The van der Waals surface area contributed by atoms with Gasteiger partial charge in [-0.1, -0.05) is 6.07 Å². The molecule has 0 aliphatic heterocycles. The summed E-state index contributed by atoms with van der Waals surface area (Å²) in [5.41, 5.74) is 2.31. The maximum absolute atomic E-state index is 6.13. The van der Waals surface area contributed by atoms with Gasteiger partial charge in [0, 0.05) is 16.6 Å². The lowest BCUT2D eigenvalue weighted by atomic mass is 9.97. The van der Waals surface area contributed by atoms with E-state index < -0.39 is 0 Å². The van der Waals surface area contributed by atoms with Crippen LogP contribution in [0, 0.1) is 0 Å². The highest BCUT2D eigenvalue weighted by Crippen LogP contribution is 2.39. The molecule has 0 spiro atoms. The molecule has 2 heterocycles. The number of ether oxygens (including phenoxy) is 1. The fourth-order valence-electron chi connectivity index (χ4n) is 3.06. The number of aromatic nitrogens is 2. The van der Waals surface area contributed by atoms with E-state index in [4.69, 9.17) is 16.3 Å². The summed E-state index contributed by atoms with van der Waals surface area (Å²) in [5, 5.41) is 4.79. The second kappa shape index (κ2) is 5.98. The number of anilines is 2. The molecule has 0 fully saturated rings. The Bertz CT molecular complexity index is 878. The van der Waals surface area contributed by atoms with Crippen LogP contribution in [0.15, 0.2) is 24.3 Å². The molecule has 1 aliphatic rings. The van der Waals surface area contributed by atoms with Crippen molar-refractivity contribution in [2.75, 3.05) is 12.4 Å². The minimum atomic E-state index is 0.279. The van der Waals surface area contributed by atoms with Crippen molar-refractivity contribution in [3.8, 4) is 5.75 Å². The molecule has 4 nitrogen and oxygen atoms in total. The first-order valence-electron chi connectivity index (χ1n) is 7.63. The van der Waals surface area contributed by atoms with Crippen molar-refractivity contribution >= 4 is 44.7 Å². The molecule has 0 saturated heterocycles. The molecule has 3 aromatic rings. The lowest BCUT2D eigenvalue weighted by Crippen LogP contribution is -2.01. The summed E-state index contributed by atoms with van der Waals surface area (Å²) >= 11 is 7.88. The van der Waals surface area contributed by atoms with Gasteiger partial charge in [0.2, 0.25) is 5.28 Å². The number of hydrogen-bond acceptors (Lipinski definition) is 5. The van der Waals surface area contributed by atoms with Crippen molar-refractivity contribution in [3.05, 3.63) is 40.0 Å². The zero-order valence-corrected chi connectivity index (χ0v) is 14.3. The molecule has 2 aromatic heterocycles. The number of halogens is 1. The van der Waals surface area contributed by atoms with Gasteiger partial charge in [0.25, 0.3) is 0 Å². The largest absolute Gasteiger partial charge is 0.497 e. The summed E-state index contributed by atoms with van der Waals surface area (Å²) in [6.07, 6.45) is 4.69. The Kier molecular flexibility index (Phi) is 3.83. The number of aryl methyl sites for hydroxylation is 2. The second-order valence-electron chi connectivity index (χ2n) is 5.59. The van der Waals surface area contributed by atoms with Gasteiger partial charge in [0.1, 0.15) is 16.4 Å². The first-order chi connectivity index (χ1) is 11.2. The average Bonchev–Trinajstić information content (AvgIpc) is 2.93. The average molecular weight is 346 g/mol. The third kappa shape index (κ3) is 2.75. The normalized spacial score (nSPS) is 13.8. The van der Waals surface area contributed by atoms with Gasteiger partial charge < -0.3 is 10.1 Å². The zero-order chi connectivity index (χ0) is 15.8. The van der Waals surface area contributed by atoms with E-state index in [9.17, 15) is 0 Å². The van der Waals surface area contributed by atoms with Crippen molar-refractivity contribution in [3.63, 3.8) is 0 Å². The molecule has 0 amide bonds. The highest BCUT2D eigenvalue weighted by atomic mass is 35.5. The number of nitrogens with zero attached hydrogens (tertiary/aromatic N) is 2. The summed E-state index contributed by atoms with van der Waals surface area (Å²) in [6, 6.07) is 7.80. The number of nitrogens with one attached hydrogen (secondary N) is 1. The Morgan fingerprint density at radius 3 is 2.96 bits per heavy atom. The van der Waals surface area contributed by atoms with Crippen LogP contribution in [0.2, 0.25) is 5.28 Å². The summed E-state index contributed by atoms with van der Waals surface area (Å²) in [4.78, 5) is 11.3. The Labute approximate surface area is 143 Å². The van der Waals surface area contributed by atoms with E-state index in [1.165, 1.54) is 23.3 Å². The molecular weight excluding hydrogens is 330 g/mol. The molecule has 6 heteroatoms. The molecule has 1 aliphatic carbocycles. The predicted octanol–water partition coefficient (Wildman–Crippen LogP) is 4.98. The van der Waals surface area contributed by atoms with Crippen LogP contribution in [0.1, 0.15) is 23.3 Å². The van der Waals surface area contributed by atoms with E-state index in [0.717, 1.165) is 40.3 Å². The van der Waals surface area contributed by atoms with E-state index in [-0.39, 0.29) is 5.28 Å². The fraction of sp³-hybridized carbons (Fsp3) is 0.294. The lowest BCUT2D eigenvalue weighted by Gasteiger charge is -2.13. The Balaban J connectivity index is 1.83. The van der Waals surface area contributed by atoms with Crippen LogP contribution in [0.25, 0.3) is 10.2 Å². The van der Waals surface area contributed by atoms with Gasteiger partial charge in [-0.05, 0) is 55.0 Å². The molecule has 23 heavy (non-hydrogen) atoms. The number of hydrogen-bond donors (Lipinski definition) is 1. The van der Waals surface area contributed by atoms with Gasteiger partial charge >= 0.3 is 0 Å². The van der Waals surface area contributed by atoms with Gasteiger partial charge in [-0.3, -0.25) is 0 Å². The number of fused-ring (bicyclic) bond motifs is 3. The Morgan fingerprint density at radius 1 is 1.22 bits per heavy atom. The molecule has 0 saturated carbocycles. The third-order valence-corrected chi connectivity index (χ3v) is 5.47. The van der Waals surface area contributed by atoms with Crippen LogP contribution in [0.5, 0.6) is 5.75 Å². The number of methoxy groups -OCH3 is 1. The standard InChI is InChI=1S/C17H16ClN3OS/c1-22-11-6-4-5-10(9-11)19-15-14-12-7-2-3-8-13(12)23-16(14)21-17(18)20-15/h4-6,9H,2-3,7-8H2,1H3,(H,19,20,21). The van der Waals surface area contributed by atoms with Crippen LogP contribution in [0.4, 0.5) is 11.5 Å². The van der Waals surface area contributed by atoms with E-state index in [0.29, 0.717) is 0 Å². The van der Waals surface area contributed by atoms with Crippen LogP contribution in [-0.4, -0.2) is 17.1 Å². The van der Waals surface area contributed by atoms with Gasteiger partial charge in [0.15, 0.2) is 0 Å². The van der Waals surface area contributed by atoms with Gasteiger partial charge in [-0.15, -0.1) is 11.3 Å². The minimum absolute atomic E-state index is 0.279. The van der Waals surface area contributed by atoms with Crippen molar-refractivity contribution in [1.82, 2.24) is 9.97 Å². The molecule has 0 atom stereocenters. The Hall–Kier alpha value is -1.85. The van der Waals surface area contributed by atoms with Gasteiger partial charge in [-0.2, -0.15) is 4.98 Å². The monoisotopic (exact) mass is 345 g/mol. The van der Waals surface area contributed by atoms with Crippen LogP contribution < -0.4 is 10.1 Å². The van der Waals surface area contributed by atoms with Crippen LogP contribution in [0.3, 0.4) is 0 Å². The summed E-state index contributed by atoms with van der Waals surface area (Å²) in [6.45, 7) is 0. The third-order valence-electron chi connectivity index (χ3n) is 4.12.